The van der Waals surface area contributed by atoms with Crippen molar-refractivity contribution in [2.45, 2.75) is 37.8 Å². The maximum absolute atomic E-state index is 6.01. The van der Waals surface area contributed by atoms with Gasteiger partial charge >= 0.3 is 0 Å². The number of methoxy groups -OCH3 is 1. The van der Waals surface area contributed by atoms with Gasteiger partial charge in [-0.15, -0.1) is 0 Å². The predicted molar refractivity (Wildman–Crippen MR) is 228 cm³/mol. The first-order valence-corrected chi connectivity index (χ1v) is 19.6. The van der Waals surface area contributed by atoms with Gasteiger partial charge in [-0.25, -0.2) is 0 Å². The van der Waals surface area contributed by atoms with E-state index in [0.717, 1.165) is 54.4 Å². The number of aromatic nitrogens is 2. The van der Waals surface area contributed by atoms with Crippen molar-refractivity contribution in [1.29, 1.82) is 0 Å². The molecule has 2 unspecified atom stereocenters. The molecule has 276 valence electrons. The molecule has 4 N–H and O–H groups in total. The summed E-state index contributed by atoms with van der Waals surface area (Å²) < 4.78 is 10.2. The second-order valence-corrected chi connectivity index (χ2v) is 14.7. The van der Waals surface area contributed by atoms with Gasteiger partial charge in [-0.2, -0.15) is 0 Å². The molecule has 2 fully saturated rings. The molecule has 0 spiro atoms. The van der Waals surface area contributed by atoms with E-state index < -0.39 is 0 Å². The van der Waals surface area contributed by atoms with Gasteiger partial charge in [0.15, 0.2) is 0 Å². The third-order valence-corrected chi connectivity index (χ3v) is 11.0. The Labute approximate surface area is 329 Å². The van der Waals surface area contributed by atoms with Gasteiger partial charge in [0.05, 0.1) is 30.6 Å². The van der Waals surface area contributed by atoms with Crippen LogP contribution in [-0.4, -0.2) is 62.2 Å². The Morgan fingerprint density at radius 1 is 0.537 bits per heavy atom. The Bertz CT molecular complexity index is 2180. The zero-order valence-electron chi connectivity index (χ0n) is 30.8. The SMILES string of the molecule is COc1ccccc1C(c1cccn1-c1ccccc1C(N)=S)N1CCCC1.NC(=S)c1ccccc1-n1cccc1C(c1ccccc1)N1CCCC1. The Morgan fingerprint density at radius 2 is 0.981 bits per heavy atom. The summed E-state index contributed by atoms with van der Waals surface area (Å²) in [7, 11) is 1.74. The lowest BCUT2D eigenvalue weighted by Gasteiger charge is -2.30. The van der Waals surface area contributed by atoms with Crippen LogP contribution in [0, 0.1) is 0 Å². The average Bonchev–Trinajstić information content (AvgIpc) is 4.06. The van der Waals surface area contributed by atoms with Gasteiger partial charge in [-0.1, -0.05) is 97.2 Å². The standard InChI is InChI=1S/C23H25N3OS.C22H23N3S/c1-27-21-13-5-3-10-18(21)22(25-14-6-7-15-25)20-12-8-16-26(20)19-11-4-2-9-17(19)23(24)28;23-22(26)18-11-4-5-12-19(18)25-16-8-13-20(25)21(24-14-6-7-15-24)17-9-2-1-3-10-17/h2-5,8-13,16,22H,6-7,14-15H2,1H3,(H2,24,28);1-5,8-13,16,21H,6-7,14-15H2,(H2,23,26). The number of nitrogens with zero attached hydrogens (tertiary/aromatic N) is 4. The molecular weight excluding hydrogens is 705 g/mol. The number of para-hydroxylation sites is 3. The van der Waals surface area contributed by atoms with Crippen molar-refractivity contribution in [3.63, 3.8) is 0 Å². The summed E-state index contributed by atoms with van der Waals surface area (Å²) in [5.74, 6) is 0.912. The molecule has 0 saturated carbocycles. The number of hydrogen-bond acceptors (Lipinski definition) is 5. The highest BCUT2D eigenvalue weighted by molar-refractivity contribution is 7.81. The quantitative estimate of drug-likeness (QED) is 0.128. The van der Waals surface area contributed by atoms with Crippen molar-refractivity contribution in [3.05, 3.63) is 173 Å². The lowest BCUT2D eigenvalue weighted by Crippen LogP contribution is -2.29. The van der Waals surface area contributed by atoms with Crippen LogP contribution in [0.25, 0.3) is 11.4 Å². The van der Waals surface area contributed by atoms with Crippen molar-refractivity contribution in [1.82, 2.24) is 18.9 Å². The van der Waals surface area contributed by atoms with Crippen LogP contribution in [0.1, 0.15) is 71.4 Å². The molecule has 9 heteroatoms. The monoisotopic (exact) mass is 752 g/mol. The number of ether oxygens (including phenoxy) is 1. The highest BCUT2D eigenvalue weighted by atomic mass is 32.1. The van der Waals surface area contributed by atoms with Crippen molar-refractivity contribution in [2.75, 3.05) is 33.3 Å². The Morgan fingerprint density at radius 3 is 1.50 bits per heavy atom. The molecule has 2 saturated heterocycles. The minimum atomic E-state index is 0.105. The van der Waals surface area contributed by atoms with Crippen LogP contribution in [0.4, 0.5) is 0 Å². The highest BCUT2D eigenvalue weighted by Crippen LogP contribution is 2.38. The molecule has 4 heterocycles. The van der Waals surface area contributed by atoms with E-state index >= 15 is 0 Å². The predicted octanol–water partition coefficient (Wildman–Crippen LogP) is 8.60. The summed E-state index contributed by atoms with van der Waals surface area (Å²) in [4.78, 5) is 5.94. The lowest BCUT2D eigenvalue weighted by atomic mass is 10.0. The molecular formula is C45H48N6OS2. The van der Waals surface area contributed by atoms with Gasteiger partial charge in [0.25, 0.3) is 0 Å². The van der Waals surface area contributed by atoms with Gasteiger partial charge in [0.1, 0.15) is 15.7 Å². The van der Waals surface area contributed by atoms with E-state index in [-0.39, 0.29) is 12.1 Å². The van der Waals surface area contributed by atoms with Gasteiger partial charge in [-0.3, -0.25) is 9.80 Å². The first-order chi connectivity index (χ1) is 26.5. The molecule has 6 aromatic rings. The fraction of sp³-hybridized carbons (Fsp3) is 0.244. The largest absolute Gasteiger partial charge is 0.496 e. The molecule has 54 heavy (non-hydrogen) atoms. The molecule has 0 radical (unpaired) electrons. The molecule has 0 amide bonds. The fourth-order valence-electron chi connectivity index (χ4n) is 8.10. The van der Waals surface area contributed by atoms with E-state index in [1.165, 1.54) is 48.2 Å². The number of likely N-dealkylation sites (tertiary alicyclic amines) is 2. The van der Waals surface area contributed by atoms with Crippen LogP contribution in [-0.2, 0) is 0 Å². The van der Waals surface area contributed by atoms with Crippen molar-refractivity contribution in [2.24, 2.45) is 11.5 Å². The number of benzene rings is 4. The molecule has 2 aliphatic heterocycles. The smallest absolute Gasteiger partial charge is 0.124 e. The normalized spacial score (nSPS) is 15.6. The zero-order valence-corrected chi connectivity index (χ0v) is 32.4. The molecule has 0 aliphatic carbocycles. The second kappa shape index (κ2) is 17.4. The summed E-state index contributed by atoms with van der Waals surface area (Å²) in [6, 6.07) is 44.1. The van der Waals surface area contributed by atoms with Crippen LogP contribution in [0.5, 0.6) is 5.75 Å². The lowest BCUT2D eigenvalue weighted by molar-refractivity contribution is 0.267. The summed E-state index contributed by atoms with van der Waals surface area (Å²) in [5, 5.41) is 0. The minimum Gasteiger partial charge on any atom is -0.496 e. The third kappa shape index (κ3) is 7.91. The first-order valence-electron chi connectivity index (χ1n) is 18.7. The van der Waals surface area contributed by atoms with Crippen LogP contribution in [0.2, 0.25) is 0 Å². The molecule has 2 atom stereocenters. The number of thiocarbonyl (C=S) groups is 2. The summed E-state index contributed by atoms with van der Waals surface area (Å²) >= 11 is 10.6. The molecule has 0 bridgehead atoms. The number of rotatable bonds is 11. The van der Waals surface area contributed by atoms with Crippen LogP contribution < -0.4 is 16.2 Å². The van der Waals surface area contributed by atoms with Crippen LogP contribution >= 0.6 is 24.4 Å². The Kier molecular flexibility index (Phi) is 12.0. The highest BCUT2D eigenvalue weighted by Gasteiger charge is 2.31. The van der Waals surface area contributed by atoms with E-state index in [4.69, 9.17) is 40.6 Å². The topological polar surface area (TPSA) is 77.6 Å². The number of nitrogens with two attached hydrogens (primary N) is 2. The van der Waals surface area contributed by atoms with Gasteiger partial charge in [0, 0.05) is 40.5 Å². The minimum absolute atomic E-state index is 0.105. The summed E-state index contributed by atoms with van der Waals surface area (Å²) in [6.07, 6.45) is 9.15. The van der Waals surface area contributed by atoms with Crippen molar-refractivity contribution in [3.8, 4) is 17.1 Å². The van der Waals surface area contributed by atoms with Gasteiger partial charge in [-0.05, 0) is 112 Å². The fourth-order valence-corrected chi connectivity index (χ4v) is 8.44. The maximum atomic E-state index is 6.01. The van der Waals surface area contributed by atoms with Crippen LogP contribution in [0.15, 0.2) is 140 Å². The third-order valence-electron chi connectivity index (χ3n) is 10.5. The van der Waals surface area contributed by atoms with E-state index in [1.807, 2.05) is 48.5 Å². The van der Waals surface area contributed by atoms with E-state index in [1.54, 1.807) is 7.11 Å². The molecule has 4 aromatic carbocycles. The van der Waals surface area contributed by atoms with E-state index in [0.29, 0.717) is 9.98 Å². The van der Waals surface area contributed by atoms with Gasteiger partial charge in [0.2, 0.25) is 0 Å². The molecule has 2 aromatic heterocycles. The van der Waals surface area contributed by atoms with Crippen LogP contribution in [0.3, 0.4) is 0 Å². The maximum Gasteiger partial charge on any atom is 0.124 e. The Hall–Kier alpha value is -5.06. The zero-order chi connectivity index (χ0) is 37.4. The van der Waals surface area contributed by atoms with Crippen molar-refractivity contribution < 1.29 is 4.74 Å². The molecule has 2 aliphatic rings. The van der Waals surface area contributed by atoms with E-state index in [9.17, 15) is 0 Å². The molecule has 7 nitrogen and oxygen atoms in total. The summed E-state index contributed by atoms with van der Waals surface area (Å²) in [5.41, 5.74) is 20.8. The van der Waals surface area contributed by atoms with Crippen molar-refractivity contribution >= 4 is 34.4 Å². The van der Waals surface area contributed by atoms with E-state index in [2.05, 4.69) is 110 Å². The number of hydrogen-bond donors (Lipinski definition) is 2. The summed E-state index contributed by atoms with van der Waals surface area (Å²) in [6.45, 7) is 4.40. The Balaban J connectivity index is 0.000000167. The average molecular weight is 753 g/mol. The second-order valence-electron chi connectivity index (χ2n) is 13.8. The van der Waals surface area contributed by atoms with Gasteiger partial charge < -0.3 is 25.3 Å². The first kappa shape index (κ1) is 37.3. The molecule has 8 rings (SSSR count).